The lowest BCUT2D eigenvalue weighted by atomic mass is 9.90. The molecule has 0 amide bonds. The molecule has 0 spiro atoms. The SMILES string of the molecule is C/C(=C/Cl)CN1CCC(C(=O)O)c2ccccc21. The summed E-state index contributed by atoms with van der Waals surface area (Å²) in [5.41, 5.74) is 4.55. The Morgan fingerprint density at radius 1 is 1.56 bits per heavy atom. The summed E-state index contributed by atoms with van der Waals surface area (Å²) >= 11 is 5.69. The van der Waals surface area contributed by atoms with Gasteiger partial charge in [-0.3, -0.25) is 4.79 Å². The Morgan fingerprint density at radius 2 is 2.28 bits per heavy atom. The molecule has 1 aliphatic heterocycles. The quantitative estimate of drug-likeness (QED) is 0.912. The number of carbonyl (C=O) groups is 1. The number of fused-ring (bicyclic) bond motifs is 1. The number of carboxylic acid groups (broad SMARTS) is 1. The first kappa shape index (κ1) is 13.0. The maximum atomic E-state index is 11.3. The normalized spacial score (nSPS) is 19.6. The Hall–Kier alpha value is -1.48. The number of halogens is 1. The first-order valence-electron chi connectivity index (χ1n) is 5.96. The molecule has 0 saturated carbocycles. The summed E-state index contributed by atoms with van der Waals surface area (Å²) in [4.78, 5) is 13.4. The van der Waals surface area contributed by atoms with E-state index in [2.05, 4.69) is 4.90 Å². The molecule has 18 heavy (non-hydrogen) atoms. The highest BCUT2D eigenvalue weighted by atomic mass is 35.5. The van der Waals surface area contributed by atoms with Crippen LogP contribution in [0.5, 0.6) is 0 Å². The van der Waals surface area contributed by atoms with Crippen molar-refractivity contribution in [1.82, 2.24) is 0 Å². The second-order valence-corrected chi connectivity index (χ2v) is 4.83. The Bertz CT molecular complexity index is 484. The van der Waals surface area contributed by atoms with Crippen molar-refractivity contribution in [3.05, 3.63) is 40.9 Å². The summed E-state index contributed by atoms with van der Waals surface area (Å²) in [6, 6.07) is 7.71. The average molecular weight is 266 g/mol. The van der Waals surface area contributed by atoms with Crippen LogP contribution >= 0.6 is 11.6 Å². The maximum Gasteiger partial charge on any atom is 0.311 e. The number of rotatable bonds is 3. The molecule has 1 N–H and O–H groups in total. The molecule has 0 saturated heterocycles. The molecular formula is C14H16ClNO2. The number of hydrogen-bond donors (Lipinski definition) is 1. The lowest BCUT2D eigenvalue weighted by Crippen LogP contribution is -2.34. The zero-order valence-electron chi connectivity index (χ0n) is 10.3. The van der Waals surface area contributed by atoms with Crippen molar-refractivity contribution in [2.24, 2.45) is 0 Å². The zero-order chi connectivity index (χ0) is 13.1. The van der Waals surface area contributed by atoms with Crippen LogP contribution in [0.2, 0.25) is 0 Å². The van der Waals surface area contributed by atoms with Crippen LogP contribution in [0, 0.1) is 0 Å². The van der Waals surface area contributed by atoms with E-state index in [9.17, 15) is 9.90 Å². The molecular weight excluding hydrogens is 250 g/mol. The summed E-state index contributed by atoms with van der Waals surface area (Å²) in [7, 11) is 0. The van der Waals surface area contributed by atoms with Gasteiger partial charge in [-0.25, -0.2) is 0 Å². The van der Waals surface area contributed by atoms with Gasteiger partial charge in [-0.05, 0) is 30.5 Å². The number of anilines is 1. The van der Waals surface area contributed by atoms with Crippen molar-refractivity contribution in [1.29, 1.82) is 0 Å². The second kappa shape index (κ2) is 5.44. The lowest BCUT2D eigenvalue weighted by molar-refractivity contribution is -0.139. The van der Waals surface area contributed by atoms with Crippen molar-refractivity contribution in [2.75, 3.05) is 18.0 Å². The van der Waals surface area contributed by atoms with Crippen LogP contribution in [-0.2, 0) is 4.79 Å². The number of hydrogen-bond acceptors (Lipinski definition) is 2. The van der Waals surface area contributed by atoms with Crippen LogP contribution in [0.3, 0.4) is 0 Å². The van der Waals surface area contributed by atoms with Gasteiger partial charge in [0.1, 0.15) is 0 Å². The highest BCUT2D eigenvalue weighted by molar-refractivity contribution is 6.25. The Balaban J connectivity index is 2.33. The largest absolute Gasteiger partial charge is 0.481 e. The molecule has 0 bridgehead atoms. The van der Waals surface area contributed by atoms with E-state index in [0.717, 1.165) is 29.9 Å². The van der Waals surface area contributed by atoms with E-state index in [-0.39, 0.29) is 0 Å². The molecule has 1 heterocycles. The van der Waals surface area contributed by atoms with Gasteiger partial charge < -0.3 is 10.0 Å². The van der Waals surface area contributed by atoms with Gasteiger partial charge in [0.2, 0.25) is 0 Å². The molecule has 1 aromatic rings. The summed E-state index contributed by atoms with van der Waals surface area (Å²) in [6.45, 7) is 3.46. The lowest BCUT2D eigenvalue weighted by Gasteiger charge is -2.34. The standard InChI is InChI=1S/C14H16ClNO2/c1-10(8-15)9-16-7-6-12(14(17)18)11-4-2-3-5-13(11)16/h2-5,8,12H,6-7,9H2,1H3,(H,17,18)/b10-8-. The molecule has 0 aliphatic carbocycles. The Labute approximate surface area is 112 Å². The molecule has 1 aliphatic rings. The monoisotopic (exact) mass is 265 g/mol. The molecule has 0 radical (unpaired) electrons. The minimum absolute atomic E-state index is 0.391. The van der Waals surface area contributed by atoms with Gasteiger partial charge >= 0.3 is 5.97 Å². The van der Waals surface area contributed by atoms with Crippen LogP contribution in [0.15, 0.2) is 35.4 Å². The highest BCUT2D eigenvalue weighted by Crippen LogP contribution is 2.35. The van der Waals surface area contributed by atoms with Gasteiger partial charge in [-0.15, -0.1) is 0 Å². The van der Waals surface area contributed by atoms with Crippen molar-refractivity contribution in [3.8, 4) is 0 Å². The van der Waals surface area contributed by atoms with E-state index in [1.165, 1.54) is 0 Å². The third-order valence-corrected chi connectivity index (χ3v) is 3.64. The van der Waals surface area contributed by atoms with E-state index in [4.69, 9.17) is 11.6 Å². The fourth-order valence-electron chi connectivity index (χ4n) is 2.39. The number of nitrogens with zero attached hydrogens (tertiary/aromatic N) is 1. The minimum atomic E-state index is -0.744. The second-order valence-electron chi connectivity index (χ2n) is 4.62. The van der Waals surface area contributed by atoms with Crippen LogP contribution in [0.4, 0.5) is 5.69 Å². The first-order chi connectivity index (χ1) is 8.63. The number of benzene rings is 1. The number of para-hydroxylation sites is 1. The van der Waals surface area contributed by atoms with Crippen molar-refractivity contribution in [3.63, 3.8) is 0 Å². The fraction of sp³-hybridized carbons (Fsp3) is 0.357. The predicted molar refractivity (Wildman–Crippen MR) is 73.3 cm³/mol. The molecule has 1 unspecified atom stereocenters. The Morgan fingerprint density at radius 3 is 2.94 bits per heavy atom. The summed E-state index contributed by atoms with van der Waals surface area (Å²) in [5, 5.41) is 9.25. The van der Waals surface area contributed by atoms with E-state index < -0.39 is 11.9 Å². The molecule has 0 aromatic heterocycles. The predicted octanol–water partition coefficient (Wildman–Crippen LogP) is 3.21. The van der Waals surface area contributed by atoms with Gasteiger partial charge in [0.05, 0.1) is 5.92 Å². The zero-order valence-corrected chi connectivity index (χ0v) is 11.0. The smallest absolute Gasteiger partial charge is 0.311 e. The van der Waals surface area contributed by atoms with Gasteiger partial charge in [-0.1, -0.05) is 29.8 Å². The van der Waals surface area contributed by atoms with E-state index in [0.29, 0.717) is 6.42 Å². The molecule has 2 rings (SSSR count). The number of aliphatic carboxylic acids is 1. The first-order valence-corrected chi connectivity index (χ1v) is 6.39. The molecule has 3 nitrogen and oxygen atoms in total. The van der Waals surface area contributed by atoms with Gasteiger partial charge in [0.25, 0.3) is 0 Å². The molecule has 1 atom stereocenters. The van der Waals surface area contributed by atoms with Gasteiger partial charge in [0.15, 0.2) is 0 Å². The summed E-state index contributed by atoms with van der Waals surface area (Å²) in [6.07, 6.45) is 0.641. The van der Waals surface area contributed by atoms with Crippen LogP contribution in [0.1, 0.15) is 24.8 Å². The van der Waals surface area contributed by atoms with Gasteiger partial charge in [0, 0.05) is 24.3 Å². The van der Waals surface area contributed by atoms with Crippen LogP contribution in [0.25, 0.3) is 0 Å². The maximum absolute atomic E-state index is 11.3. The summed E-state index contributed by atoms with van der Waals surface area (Å²) in [5.74, 6) is -1.13. The third-order valence-electron chi connectivity index (χ3n) is 3.27. The molecule has 96 valence electrons. The van der Waals surface area contributed by atoms with Crippen LogP contribution in [-0.4, -0.2) is 24.2 Å². The fourth-order valence-corrected chi connectivity index (χ4v) is 2.46. The van der Waals surface area contributed by atoms with E-state index in [1.54, 1.807) is 5.54 Å². The topological polar surface area (TPSA) is 40.5 Å². The third kappa shape index (κ3) is 2.51. The minimum Gasteiger partial charge on any atom is -0.481 e. The van der Waals surface area contributed by atoms with Crippen molar-refractivity contribution < 1.29 is 9.90 Å². The summed E-state index contributed by atoms with van der Waals surface area (Å²) < 4.78 is 0. The van der Waals surface area contributed by atoms with E-state index >= 15 is 0 Å². The number of carboxylic acids is 1. The molecule has 1 aromatic carbocycles. The van der Waals surface area contributed by atoms with Gasteiger partial charge in [-0.2, -0.15) is 0 Å². The average Bonchev–Trinajstić information content (AvgIpc) is 2.38. The van der Waals surface area contributed by atoms with Crippen LogP contribution < -0.4 is 4.90 Å². The van der Waals surface area contributed by atoms with Crippen molar-refractivity contribution in [2.45, 2.75) is 19.3 Å². The highest BCUT2D eigenvalue weighted by Gasteiger charge is 2.29. The molecule has 4 heteroatoms. The molecule has 0 fully saturated rings. The van der Waals surface area contributed by atoms with E-state index in [1.807, 2.05) is 31.2 Å². The Kier molecular flexibility index (Phi) is 3.92. The van der Waals surface area contributed by atoms with Crippen molar-refractivity contribution >= 4 is 23.3 Å².